The molecular formula is C21H22F4N6. The first-order valence-corrected chi connectivity index (χ1v) is 9.96. The molecule has 1 aliphatic heterocycles. The summed E-state index contributed by atoms with van der Waals surface area (Å²) in [5.74, 6) is -0.145. The molecule has 3 heterocycles. The van der Waals surface area contributed by atoms with Crippen molar-refractivity contribution >= 4 is 22.4 Å². The molecule has 1 fully saturated rings. The summed E-state index contributed by atoms with van der Waals surface area (Å²) in [6.45, 7) is 6.72. The molecule has 0 radical (unpaired) electrons. The van der Waals surface area contributed by atoms with Crippen LogP contribution in [0.4, 0.5) is 29.2 Å². The van der Waals surface area contributed by atoms with Crippen LogP contribution in [0.2, 0.25) is 0 Å². The van der Waals surface area contributed by atoms with Crippen molar-refractivity contribution in [1.82, 2.24) is 20.5 Å². The van der Waals surface area contributed by atoms with Gasteiger partial charge in [-0.2, -0.15) is 18.3 Å². The van der Waals surface area contributed by atoms with Crippen LogP contribution in [0.3, 0.4) is 0 Å². The molecule has 0 amide bonds. The Balaban J connectivity index is 1.70. The van der Waals surface area contributed by atoms with Crippen molar-refractivity contribution in [3.8, 4) is 0 Å². The smallest absolute Gasteiger partial charge is 0.361 e. The number of benzene rings is 1. The quantitative estimate of drug-likeness (QED) is 0.604. The summed E-state index contributed by atoms with van der Waals surface area (Å²) in [4.78, 5) is 6.68. The molecule has 3 aromatic rings. The van der Waals surface area contributed by atoms with Crippen LogP contribution in [0, 0.1) is 12.7 Å². The number of pyridine rings is 1. The van der Waals surface area contributed by atoms with Crippen LogP contribution in [-0.4, -0.2) is 41.4 Å². The predicted molar refractivity (Wildman–Crippen MR) is 111 cm³/mol. The Labute approximate surface area is 176 Å². The number of piperazine rings is 1. The molecule has 31 heavy (non-hydrogen) atoms. The Bertz CT molecular complexity index is 1100. The number of anilines is 2. The third-order valence-electron chi connectivity index (χ3n) is 5.43. The molecule has 4 rings (SSSR count). The molecular weight excluding hydrogens is 412 g/mol. The van der Waals surface area contributed by atoms with Crippen LogP contribution in [0.15, 0.2) is 30.5 Å². The molecule has 0 spiro atoms. The van der Waals surface area contributed by atoms with Crippen LogP contribution in [0.25, 0.3) is 10.8 Å². The van der Waals surface area contributed by atoms with Gasteiger partial charge in [0.15, 0.2) is 5.82 Å². The van der Waals surface area contributed by atoms with E-state index in [1.165, 1.54) is 12.1 Å². The van der Waals surface area contributed by atoms with Gasteiger partial charge in [-0.1, -0.05) is 12.1 Å². The maximum absolute atomic E-state index is 14.6. The lowest BCUT2D eigenvalue weighted by Gasteiger charge is -2.28. The van der Waals surface area contributed by atoms with Gasteiger partial charge in [0.1, 0.15) is 11.6 Å². The monoisotopic (exact) mass is 434 g/mol. The zero-order valence-electron chi connectivity index (χ0n) is 17.1. The summed E-state index contributed by atoms with van der Waals surface area (Å²) in [7, 11) is 0. The zero-order chi connectivity index (χ0) is 22.2. The standard InChI is InChI=1S/C21H22F4N6/c1-12(14-4-3-5-17(19(14)22)21(23,24)25)28-20-15-10-18(31-8-6-26-7-9-31)27-11-16(15)13(2)29-30-20/h3-5,10-12,26H,6-9H2,1-2H3,(H,28,30)/t12-/m1/s1. The van der Waals surface area contributed by atoms with E-state index in [0.29, 0.717) is 11.5 Å². The van der Waals surface area contributed by atoms with Crippen molar-refractivity contribution in [1.29, 1.82) is 0 Å². The number of rotatable bonds is 4. The number of hydrogen-bond acceptors (Lipinski definition) is 6. The molecule has 10 heteroatoms. The molecule has 0 saturated carbocycles. The van der Waals surface area contributed by atoms with E-state index in [2.05, 4.69) is 30.7 Å². The maximum atomic E-state index is 14.6. The third-order valence-corrected chi connectivity index (χ3v) is 5.43. The topological polar surface area (TPSA) is 66.0 Å². The van der Waals surface area contributed by atoms with Gasteiger partial charge in [0.2, 0.25) is 0 Å². The molecule has 1 saturated heterocycles. The van der Waals surface area contributed by atoms with Gasteiger partial charge < -0.3 is 15.5 Å². The van der Waals surface area contributed by atoms with Gasteiger partial charge in [-0.15, -0.1) is 5.10 Å². The SMILES string of the molecule is Cc1nnc(N[C@H](C)c2cccc(C(F)(F)F)c2F)c2cc(N3CCNCC3)ncc12. The minimum absolute atomic E-state index is 0.0956. The summed E-state index contributed by atoms with van der Waals surface area (Å²) in [5, 5.41) is 16.1. The first-order valence-electron chi connectivity index (χ1n) is 9.96. The van der Waals surface area contributed by atoms with Crippen LogP contribution in [-0.2, 0) is 6.18 Å². The average molecular weight is 434 g/mol. The van der Waals surface area contributed by atoms with Gasteiger partial charge in [0.25, 0.3) is 0 Å². The largest absolute Gasteiger partial charge is 0.419 e. The molecule has 2 N–H and O–H groups in total. The van der Waals surface area contributed by atoms with Gasteiger partial charge in [0.05, 0.1) is 17.3 Å². The van der Waals surface area contributed by atoms with Crippen molar-refractivity contribution in [2.45, 2.75) is 26.1 Å². The average Bonchev–Trinajstić information content (AvgIpc) is 2.75. The van der Waals surface area contributed by atoms with Gasteiger partial charge in [-0.05, 0) is 26.0 Å². The van der Waals surface area contributed by atoms with Crippen LogP contribution in [0.1, 0.15) is 29.8 Å². The summed E-state index contributed by atoms with van der Waals surface area (Å²) in [5.41, 5.74) is -0.705. The zero-order valence-corrected chi connectivity index (χ0v) is 17.1. The summed E-state index contributed by atoms with van der Waals surface area (Å²) < 4.78 is 53.9. The second-order valence-corrected chi connectivity index (χ2v) is 7.53. The number of aryl methyl sites for hydroxylation is 1. The Kier molecular flexibility index (Phi) is 5.65. The van der Waals surface area contributed by atoms with Crippen molar-refractivity contribution < 1.29 is 17.6 Å². The van der Waals surface area contributed by atoms with E-state index in [-0.39, 0.29) is 5.56 Å². The molecule has 1 aliphatic rings. The fourth-order valence-corrected chi connectivity index (χ4v) is 3.72. The number of halogens is 4. The van der Waals surface area contributed by atoms with Gasteiger partial charge in [0, 0.05) is 48.7 Å². The van der Waals surface area contributed by atoms with Crippen molar-refractivity contribution in [2.24, 2.45) is 0 Å². The fraction of sp³-hybridized carbons (Fsp3) is 0.381. The van der Waals surface area contributed by atoms with Gasteiger partial charge >= 0.3 is 6.18 Å². The number of nitrogens with one attached hydrogen (secondary N) is 2. The Morgan fingerprint density at radius 2 is 1.87 bits per heavy atom. The first kappa shape index (κ1) is 21.2. The lowest BCUT2D eigenvalue weighted by molar-refractivity contribution is -0.140. The molecule has 0 unspecified atom stereocenters. The van der Waals surface area contributed by atoms with E-state index < -0.39 is 23.6 Å². The summed E-state index contributed by atoms with van der Waals surface area (Å²) in [6.07, 6.45) is -3.04. The number of fused-ring (bicyclic) bond motifs is 1. The van der Waals surface area contributed by atoms with E-state index in [0.717, 1.165) is 48.8 Å². The number of alkyl halides is 3. The Morgan fingerprint density at radius 3 is 2.58 bits per heavy atom. The number of hydrogen-bond donors (Lipinski definition) is 2. The van der Waals surface area contributed by atoms with Crippen molar-refractivity contribution in [3.05, 3.63) is 53.1 Å². The van der Waals surface area contributed by atoms with Crippen LogP contribution < -0.4 is 15.5 Å². The van der Waals surface area contributed by atoms with E-state index in [9.17, 15) is 17.6 Å². The fourth-order valence-electron chi connectivity index (χ4n) is 3.72. The van der Waals surface area contributed by atoms with Crippen molar-refractivity contribution in [2.75, 3.05) is 36.4 Å². The van der Waals surface area contributed by atoms with E-state index in [1.54, 1.807) is 20.0 Å². The van der Waals surface area contributed by atoms with Gasteiger partial charge in [-0.3, -0.25) is 0 Å². The second-order valence-electron chi connectivity index (χ2n) is 7.53. The molecule has 0 bridgehead atoms. The molecule has 1 atom stereocenters. The number of nitrogens with zero attached hydrogens (tertiary/aromatic N) is 4. The highest BCUT2D eigenvalue weighted by Gasteiger charge is 2.35. The summed E-state index contributed by atoms with van der Waals surface area (Å²) in [6, 6.07) is 4.39. The molecule has 164 valence electrons. The lowest BCUT2D eigenvalue weighted by atomic mass is 10.0. The number of aromatic nitrogens is 3. The molecule has 1 aromatic carbocycles. The van der Waals surface area contributed by atoms with Crippen LogP contribution >= 0.6 is 0 Å². The van der Waals surface area contributed by atoms with Crippen LogP contribution in [0.5, 0.6) is 0 Å². The highest BCUT2D eigenvalue weighted by Crippen LogP contribution is 2.35. The molecule has 6 nitrogen and oxygen atoms in total. The minimum Gasteiger partial charge on any atom is -0.361 e. The van der Waals surface area contributed by atoms with Crippen molar-refractivity contribution in [3.63, 3.8) is 0 Å². The highest BCUT2D eigenvalue weighted by atomic mass is 19.4. The Hall–Kier alpha value is -3.01. The lowest BCUT2D eigenvalue weighted by Crippen LogP contribution is -2.43. The van der Waals surface area contributed by atoms with E-state index in [4.69, 9.17) is 0 Å². The summed E-state index contributed by atoms with van der Waals surface area (Å²) >= 11 is 0. The molecule has 0 aliphatic carbocycles. The predicted octanol–water partition coefficient (Wildman–Crippen LogP) is 4.07. The van der Waals surface area contributed by atoms with Gasteiger partial charge in [-0.25, -0.2) is 9.37 Å². The minimum atomic E-state index is -4.76. The molecule has 2 aromatic heterocycles. The van der Waals surface area contributed by atoms with E-state index >= 15 is 0 Å². The normalized spacial score (nSPS) is 15.9. The maximum Gasteiger partial charge on any atom is 0.419 e. The highest BCUT2D eigenvalue weighted by molar-refractivity contribution is 5.94. The first-order chi connectivity index (χ1) is 14.8. The third kappa shape index (κ3) is 4.25. The Morgan fingerprint density at radius 1 is 1.13 bits per heavy atom. The second kappa shape index (κ2) is 8.26. The van der Waals surface area contributed by atoms with E-state index in [1.807, 2.05) is 6.07 Å².